The third kappa shape index (κ3) is 1.93. The molecule has 18 heavy (non-hydrogen) atoms. The van der Waals surface area contributed by atoms with Gasteiger partial charge in [0, 0.05) is 18.8 Å². The number of hydrogen-bond donors (Lipinski definition) is 2. The minimum absolute atomic E-state index is 0.569. The van der Waals surface area contributed by atoms with E-state index in [0.717, 1.165) is 19.6 Å². The second kappa shape index (κ2) is 4.75. The number of rotatable bonds is 2. The van der Waals surface area contributed by atoms with Gasteiger partial charge >= 0.3 is 0 Å². The molecule has 1 saturated heterocycles. The summed E-state index contributed by atoms with van der Waals surface area (Å²) in [5, 5.41) is 4.78. The van der Waals surface area contributed by atoms with Gasteiger partial charge in [-0.1, -0.05) is 6.07 Å². The Hall–Kier alpha value is -1.32. The first-order valence-corrected chi connectivity index (χ1v) is 6.75. The van der Waals surface area contributed by atoms with Gasteiger partial charge in [-0.25, -0.2) is 0 Å². The van der Waals surface area contributed by atoms with E-state index in [1.807, 2.05) is 0 Å². The van der Waals surface area contributed by atoms with Crippen molar-refractivity contribution >= 4 is 10.9 Å². The van der Waals surface area contributed by atoms with E-state index in [0.29, 0.717) is 11.8 Å². The van der Waals surface area contributed by atoms with Crippen LogP contribution in [0.1, 0.15) is 17.9 Å². The first-order chi connectivity index (χ1) is 8.79. The molecule has 1 aliphatic rings. The summed E-state index contributed by atoms with van der Waals surface area (Å²) in [4.78, 5) is 0. The molecule has 1 aromatic heterocycles. The molecule has 0 aliphatic carbocycles. The molecule has 0 amide bonds. The van der Waals surface area contributed by atoms with Crippen LogP contribution in [0.15, 0.2) is 30.5 Å². The van der Waals surface area contributed by atoms with Crippen LogP contribution in [-0.4, -0.2) is 24.2 Å². The first kappa shape index (κ1) is 11.8. The molecule has 2 aromatic rings. The van der Waals surface area contributed by atoms with E-state index in [1.165, 1.54) is 22.9 Å². The van der Waals surface area contributed by atoms with Crippen molar-refractivity contribution in [2.24, 2.45) is 18.7 Å². The van der Waals surface area contributed by atoms with Crippen LogP contribution in [0.5, 0.6) is 0 Å². The van der Waals surface area contributed by atoms with Crippen molar-refractivity contribution in [1.82, 2.24) is 9.88 Å². The van der Waals surface area contributed by atoms with Gasteiger partial charge in [0.1, 0.15) is 0 Å². The molecule has 96 valence electrons. The van der Waals surface area contributed by atoms with Crippen LogP contribution < -0.4 is 11.1 Å². The number of aromatic nitrogens is 1. The molecule has 0 spiro atoms. The van der Waals surface area contributed by atoms with Crippen molar-refractivity contribution in [3.63, 3.8) is 0 Å². The number of nitrogens with zero attached hydrogens (tertiary/aromatic N) is 1. The molecule has 2 unspecified atom stereocenters. The molecule has 0 saturated carbocycles. The monoisotopic (exact) mass is 243 g/mol. The lowest BCUT2D eigenvalue weighted by atomic mass is 9.81. The summed E-state index contributed by atoms with van der Waals surface area (Å²) in [5.74, 6) is 1.18. The van der Waals surface area contributed by atoms with Crippen LogP contribution in [0, 0.1) is 5.92 Å². The highest BCUT2D eigenvalue weighted by molar-refractivity contribution is 5.80. The lowest BCUT2D eigenvalue weighted by molar-refractivity contribution is 0.333. The molecular weight excluding hydrogens is 222 g/mol. The summed E-state index contributed by atoms with van der Waals surface area (Å²) in [7, 11) is 2.09. The topological polar surface area (TPSA) is 43.0 Å². The molecule has 3 nitrogen and oxygen atoms in total. The Morgan fingerprint density at radius 2 is 2.28 bits per heavy atom. The van der Waals surface area contributed by atoms with Crippen LogP contribution in [0.3, 0.4) is 0 Å². The fourth-order valence-corrected chi connectivity index (χ4v) is 3.14. The number of fused-ring (bicyclic) bond motifs is 1. The van der Waals surface area contributed by atoms with Crippen molar-refractivity contribution in [2.75, 3.05) is 19.6 Å². The van der Waals surface area contributed by atoms with Gasteiger partial charge in [0.25, 0.3) is 0 Å². The Morgan fingerprint density at radius 1 is 1.39 bits per heavy atom. The largest absolute Gasteiger partial charge is 0.351 e. The maximum Gasteiger partial charge on any atom is 0.0477 e. The maximum absolute atomic E-state index is 5.90. The van der Waals surface area contributed by atoms with Crippen LogP contribution in [-0.2, 0) is 7.05 Å². The summed E-state index contributed by atoms with van der Waals surface area (Å²) in [6.45, 7) is 2.92. The lowest BCUT2D eigenvalue weighted by Crippen LogP contribution is -2.39. The Bertz CT molecular complexity index is 544. The first-order valence-electron chi connectivity index (χ1n) is 6.75. The fraction of sp³-hybridized carbons (Fsp3) is 0.467. The minimum Gasteiger partial charge on any atom is -0.351 e. The highest BCUT2D eigenvalue weighted by Crippen LogP contribution is 2.31. The summed E-state index contributed by atoms with van der Waals surface area (Å²) in [6, 6.07) is 9.05. The maximum atomic E-state index is 5.90. The van der Waals surface area contributed by atoms with E-state index in [1.54, 1.807) is 0 Å². The highest BCUT2D eigenvalue weighted by atomic mass is 14.9. The van der Waals surface area contributed by atoms with Gasteiger partial charge in [0.15, 0.2) is 0 Å². The molecule has 3 N–H and O–H groups in total. The molecule has 1 fully saturated rings. The summed E-state index contributed by atoms with van der Waals surface area (Å²) >= 11 is 0. The Kier molecular flexibility index (Phi) is 3.10. The summed E-state index contributed by atoms with van der Waals surface area (Å²) in [6.07, 6.45) is 3.32. The predicted octanol–water partition coefficient (Wildman–Crippen LogP) is 1.83. The average molecular weight is 243 g/mol. The summed E-state index contributed by atoms with van der Waals surface area (Å²) < 4.78 is 2.17. The molecule has 3 heteroatoms. The van der Waals surface area contributed by atoms with Gasteiger partial charge < -0.3 is 15.6 Å². The molecule has 0 radical (unpaired) electrons. The SMILES string of the molecule is Cn1ccc2cc(C3CCNCC3CN)ccc21. The number of aryl methyl sites for hydroxylation is 1. The van der Waals surface area contributed by atoms with Crippen molar-refractivity contribution in [3.8, 4) is 0 Å². The van der Waals surface area contributed by atoms with E-state index in [2.05, 4.69) is 47.4 Å². The summed E-state index contributed by atoms with van der Waals surface area (Å²) in [5.41, 5.74) is 8.66. The van der Waals surface area contributed by atoms with Crippen LogP contribution in [0.2, 0.25) is 0 Å². The molecule has 2 atom stereocenters. The third-order valence-electron chi connectivity index (χ3n) is 4.25. The van der Waals surface area contributed by atoms with Gasteiger partial charge in [0.05, 0.1) is 0 Å². The van der Waals surface area contributed by atoms with Crippen molar-refractivity contribution in [1.29, 1.82) is 0 Å². The van der Waals surface area contributed by atoms with Gasteiger partial charge in [-0.3, -0.25) is 0 Å². The molecule has 3 rings (SSSR count). The number of hydrogen-bond acceptors (Lipinski definition) is 2. The van der Waals surface area contributed by atoms with E-state index in [4.69, 9.17) is 5.73 Å². The quantitative estimate of drug-likeness (QED) is 0.845. The Balaban J connectivity index is 1.97. The van der Waals surface area contributed by atoms with Gasteiger partial charge in [-0.2, -0.15) is 0 Å². The predicted molar refractivity (Wildman–Crippen MR) is 75.7 cm³/mol. The smallest absolute Gasteiger partial charge is 0.0477 e. The van der Waals surface area contributed by atoms with Crippen molar-refractivity contribution in [3.05, 3.63) is 36.0 Å². The third-order valence-corrected chi connectivity index (χ3v) is 4.25. The standard InChI is InChI=1S/C15H21N3/c1-18-7-5-12-8-11(2-3-15(12)18)14-4-6-17-10-13(14)9-16/h2-3,5,7-8,13-14,17H,4,6,9-10,16H2,1H3. The second-order valence-electron chi connectivity index (χ2n) is 5.34. The van der Waals surface area contributed by atoms with Gasteiger partial charge in [0.2, 0.25) is 0 Å². The van der Waals surface area contributed by atoms with Crippen molar-refractivity contribution in [2.45, 2.75) is 12.3 Å². The molecule has 1 aliphatic heterocycles. The number of nitrogens with two attached hydrogens (primary N) is 1. The molecule has 2 heterocycles. The molecule has 1 aromatic carbocycles. The van der Waals surface area contributed by atoms with E-state index >= 15 is 0 Å². The lowest BCUT2D eigenvalue weighted by Gasteiger charge is -2.31. The average Bonchev–Trinajstić information content (AvgIpc) is 2.80. The van der Waals surface area contributed by atoms with Crippen molar-refractivity contribution < 1.29 is 0 Å². The van der Waals surface area contributed by atoms with Crippen LogP contribution in [0.25, 0.3) is 10.9 Å². The van der Waals surface area contributed by atoms with Crippen LogP contribution in [0.4, 0.5) is 0 Å². The zero-order valence-electron chi connectivity index (χ0n) is 10.9. The highest BCUT2D eigenvalue weighted by Gasteiger charge is 2.25. The Labute approximate surface area is 108 Å². The van der Waals surface area contributed by atoms with E-state index < -0.39 is 0 Å². The van der Waals surface area contributed by atoms with E-state index in [-0.39, 0.29) is 0 Å². The van der Waals surface area contributed by atoms with Gasteiger partial charge in [-0.15, -0.1) is 0 Å². The second-order valence-corrected chi connectivity index (χ2v) is 5.34. The number of piperidine rings is 1. The number of nitrogens with one attached hydrogen (secondary N) is 1. The fourth-order valence-electron chi connectivity index (χ4n) is 3.14. The van der Waals surface area contributed by atoms with Crippen LogP contribution >= 0.6 is 0 Å². The molecule has 0 bridgehead atoms. The van der Waals surface area contributed by atoms with E-state index in [9.17, 15) is 0 Å². The normalized spacial score (nSPS) is 24.6. The zero-order chi connectivity index (χ0) is 12.5. The number of benzene rings is 1. The molecular formula is C15H21N3. The van der Waals surface area contributed by atoms with Gasteiger partial charge in [-0.05, 0) is 67.0 Å². The Morgan fingerprint density at radius 3 is 3.11 bits per heavy atom. The zero-order valence-corrected chi connectivity index (χ0v) is 10.9. The minimum atomic E-state index is 0.569.